The summed E-state index contributed by atoms with van der Waals surface area (Å²) in [6.07, 6.45) is 5.38. The summed E-state index contributed by atoms with van der Waals surface area (Å²) in [7, 11) is 0. The van der Waals surface area contributed by atoms with Crippen LogP contribution in [0.5, 0.6) is 0 Å². The summed E-state index contributed by atoms with van der Waals surface area (Å²) in [5.74, 6) is 0.293. The van der Waals surface area contributed by atoms with Crippen LogP contribution in [0.2, 0.25) is 0 Å². The van der Waals surface area contributed by atoms with Gasteiger partial charge in [-0.3, -0.25) is 4.98 Å². The lowest BCUT2D eigenvalue weighted by atomic mass is 10.0. The Morgan fingerprint density at radius 2 is 2.00 bits per heavy atom. The van der Waals surface area contributed by atoms with Crippen LogP contribution in [0.1, 0.15) is 5.56 Å². The molecule has 4 nitrogen and oxygen atoms in total. The Hall–Kier alpha value is -2.49. The van der Waals surface area contributed by atoms with Gasteiger partial charge in [-0.25, -0.2) is 9.97 Å². The molecule has 2 aromatic heterocycles. The maximum Gasteiger partial charge on any atom is 0.220 e. The predicted molar refractivity (Wildman–Crippen MR) is 71.9 cm³/mol. The number of anilines is 1. The largest absolute Gasteiger partial charge is 0.368 e. The van der Waals surface area contributed by atoms with E-state index in [0.717, 1.165) is 27.6 Å². The SMILES string of the molecule is Cc1cnc(N)nc1-c1cccc2cnccc12. The molecule has 0 bridgehead atoms. The van der Waals surface area contributed by atoms with E-state index in [9.17, 15) is 0 Å². The van der Waals surface area contributed by atoms with Crippen molar-refractivity contribution in [1.29, 1.82) is 0 Å². The zero-order valence-electron chi connectivity index (χ0n) is 9.96. The molecule has 0 unspecified atom stereocenters. The molecule has 3 rings (SSSR count). The highest BCUT2D eigenvalue weighted by Crippen LogP contribution is 2.28. The summed E-state index contributed by atoms with van der Waals surface area (Å²) < 4.78 is 0. The van der Waals surface area contributed by atoms with Gasteiger partial charge in [0.15, 0.2) is 0 Å². The van der Waals surface area contributed by atoms with Gasteiger partial charge in [-0.15, -0.1) is 0 Å². The van der Waals surface area contributed by atoms with Crippen LogP contribution in [0.15, 0.2) is 42.9 Å². The molecule has 3 aromatic rings. The molecule has 4 heteroatoms. The smallest absolute Gasteiger partial charge is 0.220 e. The molecule has 0 saturated heterocycles. The lowest BCUT2D eigenvalue weighted by Gasteiger charge is -2.08. The average molecular weight is 236 g/mol. The Bertz CT molecular complexity index is 717. The normalized spacial score (nSPS) is 10.7. The molecule has 2 N–H and O–H groups in total. The first-order valence-corrected chi connectivity index (χ1v) is 5.68. The highest BCUT2D eigenvalue weighted by atomic mass is 15.0. The number of pyridine rings is 1. The van der Waals surface area contributed by atoms with Crippen LogP contribution in [0.3, 0.4) is 0 Å². The maximum atomic E-state index is 5.67. The Morgan fingerprint density at radius 3 is 2.89 bits per heavy atom. The van der Waals surface area contributed by atoms with Crippen LogP contribution in [0, 0.1) is 6.92 Å². The molecule has 0 spiro atoms. The minimum atomic E-state index is 0.293. The topological polar surface area (TPSA) is 64.7 Å². The Balaban J connectivity index is 2.35. The van der Waals surface area contributed by atoms with Crippen molar-refractivity contribution in [3.8, 4) is 11.3 Å². The van der Waals surface area contributed by atoms with Crippen molar-refractivity contribution in [2.75, 3.05) is 5.73 Å². The molecule has 0 aliphatic rings. The highest BCUT2D eigenvalue weighted by Gasteiger charge is 2.08. The van der Waals surface area contributed by atoms with Crippen molar-refractivity contribution in [3.05, 3.63) is 48.4 Å². The van der Waals surface area contributed by atoms with E-state index in [-0.39, 0.29) is 0 Å². The third-order valence-electron chi connectivity index (χ3n) is 2.93. The molecular weight excluding hydrogens is 224 g/mol. The fourth-order valence-electron chi connectivity index (χ4n) is 2.06. The van der Waals surface area contributed by atoms with Gasteiger partial charge in [0.1, 0.15) is 0 Å². The zero-order valence-corrected chi connectivity index (χ0v) is 9.96. The minimum absolute atomic E-state index is 0.293. The Morgan fingerprint density at radius 1 is 1.11 bits per heavy atom. The molecule has 0 amide bonds. The lowest BCUT2D eigenvalue weighted by Crippen LogP contribution is -1.98. The zero-order chi connectivity index (χ0) is 12.5. The molecule has 0 atom stereocenters. The van der Waals surface area contributed by atoms with Crippen molar-refractivity contribution in [3.63, 3.8) is 0 Å². The number of nitrogen functional groups attached to an aromatic ring is 1. The van der Waals surface area contributed by atoms with Gasteiger partial charge in [0.05, 0.1) is 5.69 Å². The average Bonchev–Trinajstić information content (AvgIpc) is 2.41. The summed E-state index contributed by atoms with van der Waals surface area (Å²) in [5, 5.41) is 2.21. The molecule has 0 saturated carbocycles. The first-order valence-electron chi connectivity index (χ1n) is 5.68. The van der Waals surface area contributed by atoms with Gasteiger partial charge in [-0.05, 0) is 23.9 Å². The summed E-state index contributed by atoms with van der Waals surface area (Å²) in [4.78, 5) is 12.5. The summed E-state index contributed by atoms with van der Waals surface area (Å²) in [6, 6.07) is 8.06. The van der Waals surface area contributed by atoms with E-state index in [1.165, 1.54) is 0 Å². The summed E-state index contributed by atoms with van der Waals surface area (Å²) in [6.45, 7) is 1.98. The number of rotatable bonds is 1. The van der Waals surface area contributed by atoms with Gasteiger partial charge in [-0.1, -0.05) is 18.2 Å². The van der Waals surface area contributed by atoms with Crippen LogP contribution >= 0.6 is 0 Å². The third-order valence-corrected chi connectivity index (χ3v) is 2.93. The van der Waals surface area contributed by atoms with Crippen LogP contribution in [0.25, 0.3) is 22.0 Å². The van der Waals surface area contributed by atoms with Crippen LogP contribution < -0.4 is 5.73 Å². The number of aromatic nitrogens is 3. The molecule has 88 valence electrons. The van der Waals surface area contributed by atoms with Crippen molar-refractivity contribution in [2.45, 2.75) is 6.92 Å². The second-order valence-corrected chi connectivity index (χ2v) is 4.16. The van der Waals surface area contributed by atoms with Crippen molar-refractivity contribution < 1.29 is 0 Å². The molecule has 0 fully saturated rings. The number of aryl methyl sites for hydroxylation is 1. The maximum absolute atomic E-state index is 5.67. The van der Waals surface area contributed by atoms with Gasteiger partial charge in [-0.2, -0.15) is 0 Å². The van der Waals surface area contributed by atoms with Gasteiger partial charge >= 0.3 is 0 Å². The summed E-state index contributed by atoms with van der Waals surface area (Å²) >= 11 is 0. The monoisotopic (exact) mass is 236 g/mol. The third kappa shape index (κ3) is 1.68. The van der Waals surface area contributed by atoms with Gasteiger partial charge in [0.2, 0.25) is 5.95 Å². The standard InChI is InChI=1S/C14H12N4/c1-9-7-17-14(15)18-13(9)12-4-2-3-10-8-16-6-5-11(10)12/h2-8H,1H3,(H2,15,17,18). The highest BCUT2D eigenvalue weighted by molar-refractivity contribution is 5.95. The van der Waals surface area contributed by atoms with Gasteiger partial charge in [0.25, 0.3) is 0 Å². The van der Waals surface area contributed by atoms with Crippen LogP contribution in [-0.4, -0.2) is 15.0 Å². The van der Waals surface area contributed by atoms with Gasteiger partial charge < -0.3 is 5.73 Å². The Kier molecular flexibility index (Phi) is 2.41. The molecular formula is C14H12N4. The van der Waals surface area contributed by atoms with Crippen molar-refractivity contribution in [1.82, 2.24) is 15.0 Å². The second kappa shape index (κ2) is 4.07. The molecule has 18 heavy (non-hydrogen) atoms. The van der Waals surface area contributed by atoms with Crippen molar-refractivity contribution >= 4 is 16.7 Å². The van der Waals surface area contributed by atoms with Crippen molar-refractivity contribution in [2.24, 2.45) is 0 Å². The second-order valence-electron chi connectivity index (χ2n) is 4.16. The van der Waals surface area contributed by atoms with E-state index in [1.807, 2.05) is 37.4 Å². The van der Waals surface area contributed by atoms with E-state index in [0.29, 0.717) is 5.95 Å². The summed E-state index contributed by atoms with van der Waals surface area (Å²) in [5.41, 5.74) is 8.61. The molecule has 0 aliphatic heterocycles. The lowest BCUT2D eigenvalue weighted by molar-refractivity contribution is 1.15. The van der Waals surface area contributed by atoms with Crippen LogP contribution in [-0.2, 0) is 0 Å². The van der Waals surface area contributed by atoms with E-state index in [2.05, 4.69) is 15.0 Å². The number of fused-ring (bicyclic) bond motifs is 1. The van der Waals surface area contributed by atoms with Gasteiger partial charge in [0, 0.05) is 29.5 Å². The van der Waals surface area contributed by atoms with E-state index < -0.39 is 0 Å². The van der Waals surface area contributed by atoms with Crippen LogP contribution in [0.4, 0.5) is 5.95 Å². The predicted octanol–water partition coefficient (Wildman–Crippen LogP) is 2.58. The first kappa shape index (κ1) is 10.7. The minimum Gasteiger partial charge on any atom is -0.368 e. The molecule has 1 aromatic carbocycles. The molecule has 0 radical (unpaired) electrons. The number of benzene rings is 1. The number of hydrogen-bond donors (Lipinski definition) is 1. The fraction of sp³-hybridized carbons (Fsp3) is 0.0714. The molecule has 2 heterocycles. The fourth-order valence-corrected chi connectivity index (χ4v) is 2.06. The molecule has 0 aliphatic carbocycles. The number of hydrogen-bond acceptors (Lipinski definition) is 4. The van der Waals surface area contributed by atoms with E-state index in [4.69, 9.17) is 5.73 Å². The Labute approximate surface area is 105 Å². The number of nitrogens with zero attached hydrogens (tertiary/aromatic N) is 3. The first-order chi connectivity index (χ1) is 8.75. The van der Waals surface area contributed by atoms with E-state index in [1.54, 1.807) is 12.4 Å². The van der Waals surface area contributed by atoms with E-state index >= 15 is 0 Å². The quantitative estimate of drug-likeness (QED) is 0.705. The number of nitrogens with two attached hydrogens (primary N) is 1.